The van der Waals surface area contributed by atoms with Gasteiger partial charge in [-0.25, -0.2) is 4.39 Å². The fourth-order valence-corrected chi connectivity index (χ4v) is 4.51. The Morgan fingerprint density at radius 2 is 1.76 bits per heavy atom. The summed E-state index contributed by atoms with van der Waals surface area (Å²) in [5.41, 5.74) is 2.02. The molecule has 4 aromatic rings. The van der Waals surface area contributed by atoms with Crippen molar-refractivity contribution in [2.45, 2.75) is 24.5 Å². The number of hydrogen-bond acceptors (Lipinski definition) is 6. The van der Waals surface area contributed by atoms with Gasteiger partial charge in [-0.2, -0.15) is 0 Å². The Labute approximate surface area is 197 Å². The maximum Gasteiger partial charge on any atom is 0.170 e. The van der Waals surface area contributed by atoms with Crippen molar-refractivity contribution in [3.8, 4) is 17.0 Å². The largest absolute Gasteiger partial charge is 0.491 e. The number of fused-ring (bicyclic) bond motifs is 1. The van der Waals surface area contributed by atoms with Crippen molar-refractivity contribution in [1.29, 1.82) is 0 Å². The van der Waals surface area contributed by atoms with Gasteiger partial charge in [0.2, 0.25) is 0 Å². The number of benzene rings is 3. The highest BCUT2D eigenvalue weighted by atomic mass is 19.1. The molecule has 34 heavy (non-hydrogen) atoms. The second kappa shape index (κ2) is 9.54. The quantitative estimate of drug-likeness (QED) is 0.425. The van der Waals surface area contributed by atoms with Gasteiger partial charge in [0.1, 0.15) is 30.0 Å². The summed E-state index contributed by atoms with van der Waals surface area (Å²) < 4.78 is 24.4. The second-order valence-corrected chi connectivity index (χ2v) is 8.86. The van der Waals surface area contributed by atoms with Crippen molar-refractivity contribution in [3.05, 3.63) is 84.2 Å². The van der Waals surface area contributed by atoms with Gasteiger partial charge in [0.15, 0.2) is 5.58 Å². The van der Waals surface area contributed by atoms with Gasteiger partial charge < -0.3 is 24.4 Å². The molecule has 1 saturated heterocycles. The third kappa shape index (κ3) is 4.82. The van der Waals surface area contributed by atoms with E-state index in [1.807, 2.05) is 54.6 Å². The topological polar surface area (TPSA) is 79.0 Å². The number of β-amino-alcohol motifs (C(OH)–C–C–N with tert-alkyl or cyclic N) is 1. The van der Waals surface area contributed by atoms with Gasteiger partial charge >= 0.3 is 0 Å². The summed E-state index contributed by atoms with van der Waals surface area (Å²) in [6.07, 6.45) is 0.627. The lowest BCUT2D eigenvalue weighted by Gasteiger charge is -2.39. The van der Waals surface area contributed by atoms with Gasteiger partial charge in [-0.3, -0.25) is 0 Å². The minimum absolute atomic E-state index is 0.172. The number of aliphatic hydroxyl groups is 2. The van der Waals surface area contributed by atoms with Crippen molar-refractivity contribution in [2.75, 3.05) is 26.2 Å². The lowest BCUT2D eigenvalue weighted by atomic mass is 9.84. The van der Waals surface area contributed by atoms with Crippen LogP contribution in [-0.4, -0.2) is 52.6 Å². The lowest BCUT2D eigenvalue weighted by Crippen LogP contribution is -2.46. The molecule has 0 aliphatic carbocycles. The molecule has 0 spiro atoms. The average molecular weight is 463 g/mol. The summed E-state index contributed by atoms with van der Waals surface area (Å²) in [5.74, 6) is 0.271. The van der Waals surface area contributed by atoms with Crippen LogP contribution in [0.2, 0.25) is 0 Å². The molecule has 176 valence electrons. The van der Waals surface area contributed by atoms with Gasteiger partial charge in [0, 0.05) is 36.7 Å². The molecule has 2 heterocycles. The van der Waals surface area contributed by atoms with E-state index in [0.717, 1.165) is 16.5 Å². The standard InChI is InChI=1S/C27H27FN2O4/c28-21-8-11-24-25(16-21)34-29-26(24)19-6-9-23(10-7-19)33-18-22(31)17-30-14-12-27(32,13-15-30)20-4-2-1-3-5-20/h1-11,16,22,31-32H,12-15,17-18H2/t22-/m1/s1. The molecule has 3 aromatic carbocycles. The number of nitrogens with zero attached hydrogens (tertiary/aromatic N) is 2. The van der Waals surface area contributed by atoms with E-state index in [0.29, 0.717) is 49.5 Å². The Morgan fingerprint density at radius 1 is 1.03 bits per heavy atom. The van der Waals surface area contributed by atoms with E-state index in [-0.39, 0.29) is 12.4 Å². The molecule has 6 nitrogen and oxygen atoms in total. The zero-order chi connectivity index (χ0) is 23.5. The number of piperidine rings is 1. The predicted octanol–water partition coefficient (Wildman–Crippen LogP) is 4.36. The minimum atomic E-state index is -0.801. The summed E-state index contributed by atoms with van der Waals surface area (Å²) in [7, 11) is 0. The first-order chi connectivity index (χ1) is 16.5. The highest BCUT2D eigenvalue weighted by Crippen LogP contribution is 2.33. The smallest absolute Gasteiger partial charge is 0.170 e. The number of ether oxygens (including phenoxy) is 1. The van der Waals surface area contributed by atoms with Crippen LogP contribution in [-0.2, 0) is 5.60 Å². The highest BCUT2D eigenvalue weighted by Gasteiger charge is 2.34. The minimum Gasteiger partial charge on any atom is -0.491 e. The lowest BCUT2D eigenvalue weighted by molar-refractivity contribution is -0.0372. The molecular weight excluding hydrogens is 435 g/mol. The summed E-state index contributed by atoms with van der Waals surface area (Å²) in [4.78, 5) is 2.16. The van der Waals surface area contributed by atoms with Crippen LogP contribution in [0, 0.1) is 5.82 Å². The maximum absolute atomic E-state index is 13.4. The molecule has 5 rings (SSSR count). The van der Waals surface area contributed by atoms with Gasteiger partial charge in [0.25, 0.3) is 0 Å². The van der Waals surface area contributed by atoms with Crippen LogP contribution >= 0.6 is 0 Å². The van der Waals surface area contributed by atoms with Gasteiger partial charge in [0.05, 0.1) is 5.60 Å². The summed E-state index contributed by atoms with van der Waals surface area (Å²) in [6, 6.07) is 21.5. The number of likely N-dealkylation sites (tertiary alicyclic amines) is 1. The van der Waals surface area contributed by atoms with E-state index in [4.69, 9.17) is 9.26 Å². The number of hydrogen-bond donors (Lipinski definition) is 2. The Balaban J connectivity index is 1.12. The Kier molecular flexibility index (Phi) is 6.32. The molecule has 0 amide bonds. The molecular formula is C27H27FN2O4. The normalized spacial score (nSPS) is 17.0. The highest BCUT2D eigenvalue weighted by molar-refractivity contribution is 5.91. The Hall–Kier alpha value is -3.26. The number of halogens is 1. The summed E-state index contributed by atoms with van der Waals surface area (Å²) in [5, 5.41) is 26.2. The SMILES string of the molecule is O[C@@H](COc1ccc(-c2noc3cc(F)ccc23)cc1)CN1CCC(O)(c2ccccc2)CC1. The number of rotatable bonds is 7. The molecule has 0 unspecified atom stereocenters. The molecule has 0 saturated carbocycles. The van der Waals surface area contributed by atoms with E-state index >= 15 is 0 Å². The van der Waals surface area contributed by atoms with Crippen LogP contribution < -0.4 is 4.74 Å². The van der Waals surface area contributed by atoms with Crippen molar-refractivity contribution in [1.82, 2.24) is 10.1 Å². The summed E-state index contributed by atoms with van der Waals surface area (Å²) >= 11 is 0. The first-order valence-corrected chi connectivity index (χ1v) is 11.5. The maximum atomic E-state index is 13.4. The van der Waals surface area contributed by atoms with Crippen molar-refractivity contribution in [2.24, 2.45) is 0 Å². The van der Waals surface area contributed by atoms with E-state index in [2.05, 4.69) is 10.1 Å². The third-order valence-electron chi connectivity index (χ3n) is 6.47. The molecule has 1 fully saturated rings. The van der Waals surface area contributed by atoms with Gasteiger partial charge in [-0.1, -0.05) is 35.5 Å². The molecule has 0 bridgehead atoms. The van der Waals surface area contributed by atoms with E-state index in [9.17, 15) is 14.6 Å². The summed E-state index contributed by atoms with van der Waals surface area (Å²) in [6.45, 7) is 2.09. The Morgan fingerprint density at radius 3 is 2.50 bits per heavy atom. The zero-order valence-electron chi connectivity index (χ0n) is 18.7. The van der Waals surface area contributed by atoms with Crippen LogP contribution in [0.15, 0.2) is 77.3 Å². The van der Waals surface area contributed by atoms with E-state index < -0.39 is 11.7 Å². The molecule has 0 radical (unpaired) electrons. The van der Waals surface area contributed by atoms with Crippen molar-refractivity contribution < 1.29 is 23.9 Å². The van der Waals surface area contributed by atoms with Gasteiger partial charge in [-0.05, 0) is 54.8 Å². The van der Waals surface area contributed by atoms with Crippen molar-refractivity contribution in [3.63, 3.8) is 0 Å². The fourth-order valence-electron chi connectivity index (χ4n) is 4.51. The average Bonchev–Trinajstić information content (AvgIpc) is 3.28. The van der Waals surface area contributed by atoms with Gasteiger partial charge in [-0.15, -0.1) is 0 Å². The first-order valence-electron chi connectivity index (χ1n) is 11.5. The molecule has 2 N–H and O–H groups in total. The van der Waals surface area contributed by atoms with Crippen LogP contribution in [0.3, 0.4) is 0 Å². The first kappa shape index (κ1) is 22.5. The van der Waals surface area contributed by atoms with Crippen LogP contribution in [0.5, 0.6) is 5.75 Å². The monoisotopic (exact) mass is 462 g/mol. The predicted molar refractivity (Wildman–Crippen MR) is 127 cm³/mol. The van der Waals surface area contributed by atoms with Crippen LogP contribution in [0.1, 0.15) is 18.4 Å². The number of aliphatic hydroxyl groups excluding tert-OH is 1. The van der Waals surface area contributed by atoms with Crippen molar-refractivity contribution >= 4 is 11.0 Å². The third-order valence-corrected chi connectivity index (χ3v) is 6.47. The van der Waals surface area contributed by atoms with E-state index in [1.165, 1.54) is 12.1 Å². The molecule has 1 aliphatic rings. The van der Waals surface area contributed by atoms with Crippen LogP contribution in [0.25, 0.3) is 22.2 Å². The molecule has 1 aliphatic heterocycles. The van der Waals surface area contributed by atoms with Crippen LogP contribution in [0.4, 0.5) is 4.39 Å². The molecule has 1 aromatic heterocycles. The zero-order valence-corrected chi connectivity index (χ0v) is 18.7. The molecule has 7 heteroatoms. The second-order valence-electron chi connectivity index (χ2n) is 8.86. The van der Waals surface area contributed by atoms with E-state index in [1.54, 1.807) is 6.07 Å². The number of aromatic nitrogens is 1. The Bertz CT molecular complexity index is 1230. The fraction of sp³-hybridized carbons (Fsp3) is 0.296. The molecule has 1 atom stereocenters.